The number of amides is 2. The van der Waals surface area contributed by atoms with Gasteiger partial charge in [0, 0.05) is 18.7 Å². The van der Waals surface area contributed by atoms with Gasteiger partial charge < -0.3 is 15.5 Å². The van der Waals surface area contributed by atoms with E-state index in [1.54, 1.807) is 16.7 Å². The molecule has 2 aromatic rings. The van der Waals surface area contributed by atoms with Crippen LogP contribution in [-0.4, -0.2) is 49.5 Å². The number of rotatable bonds is 7. The number of aromatic amines is 1. The van der Waals surface area contributed by atoms with Gasteiger partial charge in [-0.15, -0.1) is 11.8 Å². The van der Waals surface area contributed by atoms with Crippen LogP contribution in [0, 0.1) is 0 Å². The number of aromatic nitrogens is 2. The van der Waals surface area contributed by atoms with E-state index < -0.39 is 22.2 Å². The van der Waals surface area contributed by atoms with Crippen molar-refractivity contribution < 1.29 is 9.59 Å². The van der Waals surface area contributed by atoms with E-state index >= 15 is 0 Å². The summed E-state index contributed by atoms with van der Waals surface area (Å²) in [4.78, 5) is 56.8. The third-order valence-electron chi connectivity index (χ3n) is 6.40. The molecule has 2 saturated heterocycles. The summed E-state index contributed by atoms with van der Waals surface area (Å²) in [6, 6.07) is 8.61. The summed E-state index contributed by atoms with van der Waals surface area (Å²) in [6.07, 6.45) is 2.55. The largest absolute Gasteiger partial charge is 0.383 e. The van der Waals surface area contributed by atoms with Gasteiger partial charge in [-0.2, -0.15) is 0 Å². The van der Waals surface area contributed by atoms with Crippen LogP contribution in [-0.2, 0) is 16.1 Å². The first-order valence-electron chi connectivity index (χ1n) is 11.2. The minimum Gasteiger partial charge on any atom is -0.383 e. The van der Waals surface area contributed by atoms with Gasteiger partial charge in [0.1, 0.15) is 11.9 Å². The normalized spacial score (nSPS) is 21.9. The Kier molecular flexibility index (Phi) is 6.38. The predicted octanol–water partition coefficient (Wildman–Crippen LogP) is 1.75. The fourth-order valence-corrected chi connectivity index (χ4v) is 6.02. The van der Waals surface area contributed by atoms with E-state index in [1.807, 2.05) is 44.2 Å². The molecule has 2 amide bonds. The molecular weight excluding hydrogens is 442 g/mol. The van der Waals surface area contributed by atoms with Gasteiger partial charge in [0.15, 0.2) is 5.69 Å². The maximum absolute atomic E-state index is 13.8. The van der Waals surface area contributed by atoms with E-state index in [0.717, 1.165) is 12.0 Å². The highest BCUT2D eigenvalue weighted by Gasteiger charge is 2.54. The molecule has 3 N–H and O–H groups in total. The maximum Gasteiger partial charge on any atom is 0.330 e. The van der Waals surface area contributed by atoms with Gasteiger partial charge in [-0.3, -0.25) is 23.9 Å². The number of fused-ring (bicyclic) bond motifs is 1. The average molecular weight is 472 g/mol. The summed E-state index contributed by atoms with van der Waals surface area (Å²) in [5.74, 6) is 0.0213. The Morgan fingerprint density at radius 3 is 2.70 bits per heavy atom. The number of H-pyrrole nitrogens is 1. The molecule has 0 bridgehead atoms. The lowest BCUT2D eigenvalue weighted by molar-refractivity contribution is -0.136. The molecule has 0 spiro atoms. The van der Waals surface area contributed by atoms with Crippen LogP contribution in [0.5, 0.6) is 0 Å². The van der Waals surface area contributed by atoms with E-state index in [0.29, 0.717) is 25.0 Å². The number of benzene rings is 1. The Morgan fingerprint density at radius 1 is 1.27 bits per heavy atom. The Bertz CT molecular complexity index is 1180. The van der Waals surface area contributed by atoms with Crippen LogP contribution in [0.1, 0.15) is 45.1 Å². The molecule has 1 aromatic heterocycles. The number of nitrogens with zero attached hydrogens (tertiary/aromatic N) is 3. The van der Waals surface area contributed by atoms with Crippen molar-refractivity contribution in [3.8, 4) is 0 Å². The van der Waals surface area contributed by atoms with E-state index in [2.05, 4.69) is 4.98 Å². The Morgan fingerprint density at radius 2 is 2.00 bits per heavy atom. The van der Waals surface area contributed by atoms with Crippen molar-refractivity contribution in [2.75, 3.05) is 22.9 Å². The van der Waals surface area contributed by atoms with Crippen LogP contribution < -0.4 is 21.9 Å². The molecule has 176 valence electrons. The molecule has 2 aliphatic rings. The van der Waals surface area contributed by atoms with E-state index in [-0.39, 0.29) is 36.4 Å². The fraction of sp³-hybridized carbons (Fsp3) is 0.478. The molecular formula is C23H29N5O4S. The summed E-state index contributed by atoms with van der Waals surface area (Å²) in [7, 11) is 0. The number of carbonyl (C=O) groups is 2. The standard InChI is InChI=1S/C23H29N5O4S/c1-3-4-12-26(21(31)16-14-33-23(2)11-10-17(29)28(16)23)18-19(24)27(22(32)25-20(18)30)13-15-8-6-5-7-9-15/h5-9,16H,3-4,10-14,24H2,1-2H3,(H,25,30,32)/t16-,23+/m1/s1. The number of anilines is 2. The topological polar surface area (TPSA) is 121 Å². The van der Waals surface area contributed by atoms with Gasteiger partial charge in [-0.1, -0.05) is 43.7 Å². The summed E-state index contributed by atoms with van der Waals surface area (Å²) in [5.41, 5.74) is 5.83. The predicted molar refractivity (Wildman–Crippen MR) is 129 cm³/mol. The number of unbranched alkanes of at least 4 members (excludes halogenated alkanes) is 1. The highest BCUT2D eigenvalue weighted by molar-refractivity contribution is 8.01. The Labute approximate surface area is 195 Å². The Hall–Kier alpha value is -3.01. The molecule has 10 heteroatoms. The molecule has 33 heavy (non-hydrogen) atoms. The number of carbonyl (C=O) groups excluding carboxylic acids is 2. The van der Waals surface area contributed by atoms with Crippen molar-refractivity contribution in [1.29, 1.82) is 0 Å². The zero-order valence-electron chi connectivity index (χ0n) is 18.9. The van der Waals surface area contributed by atoms with Crippen molar-refractivity contribution in [2.45, 2.75) is 57.0 Å². The monoisotopic (exact) mass is 471 g/mol. The van der Waals surface area contributed by atoms with Crippen molar-refractivity contribution >= 4 is 35.1 Å². The molecule has 0 unspecified atom stereocenters. The smallest absolute Gasteiger partial charge is 0.330 e. The van der Waals surface area contributed by atoms with Crippen molar-refractivity contribution in [3.63, 3.8) is 0 Å². The minimum absolute atomic E-state index is 0.0331. The summed E-state index contributed by atoms with van der Waals surface area (Å²) in [6.45, 7) is 4.39. The van der Waals surface area contributed by atoms with Crippen LogP contribution in [0.2, 0.25) is 0 Å². The molecule has 2 atom stereocenters. The highest BCUT2D eigenvalue weighted by Crippen LogP contribution is 2.47. The molecule has 1 aromatic carbocycles. The van der Waals surface area contributed by atoms with Crippen LogP contribution in [0.3, 0.4) is 0 Å². The van der Waals surface area contributed by atoms with E-state index in [9.17, 15) is 19.2 Å². The first-order valence-corrected chi connectivity index (χ1v) is 12.2. The fourth-order valence-electron chi connectivity index (χ4n) is 4.59. The molecule has 9 nitrogen and oxygen atoms in total. The van der Waals surface area contributed by atoms with Gasteiger partial charge in [-0.05, 0) is 25.3 Å². The first-order chi connectivity index (χ1) is 15.8. The van der Waals surface area contributed by atoms with Gasteiger partial charge >= 0.3 is 5.69 Å². The lowest BCUT2D eigenvalue weighted by Gasteiger charge is -2.33. The second-order valence-electron chi connectivity index (χ2n) is 8.67. The lowest BCUT2D eigenvalue weighted by atomic mass is 10.1. The van der Waals surface area contributed by atoms with E-state index in [4.69, 9.17) is 5.73 Å². The number of nitrogens with two attached hydrogens (primary N) is 1. The van der Waals surface area contributed by atoms with Gasteiger partial charge in [0.2, 0.25) is 5.91 Å². The summed E-state index contributed by atoms with van der Waals surface area (Å²) >= 11 is 1.59. The number of nitrogens with one attached hydrogen (secondary N) is 1. The maximum atomic E-state index is 13.8. The third-order valence-corrected chi connectivity index (χ3v) is 7.90. The zero-order valence-corrected chi connectivity index (χ0v) is 19.7. The molecule has 2 aliphatic heterocycles. The molecule has 4 rings (SSSR count). The molecule has 3 heterocycles. The second-order valence-corrected chi connectivity index (χ2v) is 10.2. The third kappa shape index (κ3) is 4.19. The highest BCUT2D eigenvalue weighted by atomic mass is 32.2. The van der Waals surface area contributed by atoms with Gasteiger partial charge in [0.25, 0.3) is 11.5 Å². The van der Waals surface area contributed by atoms with Crippen LogP contribution in [0.4, 0.5) is 11.5 Å². The number of nitrogen functional groups attached to an aromatic ring is 1. The summed E-state index contributed by atoms with van der Waals surface area (Å²) < 4.78 is 1.27. The first kappa shape index (κ1) is 23.2. The molecule has 0 aliphatic carbocycles. The second kappa shape index (κ2) is 9.09. The SMILES string of the molecule is CCCCN(C(=O)[C@H]1CS[C@@]2(C)CCC(=O)N12)c1c(N)n(Cc2ccccc2)c(=O)[nH]c1=O. The number of hydrogen-bond acceptors (Lipinski definition) is 6. The van der Waals surface area contributed by atoms with Crippen molar-refractivity contribution in [1.82, 2.24) is 14.5 Å². The Balaban J connectivity index is 1.75. The zero-order chi connectivity index (χ0) is 23.8. The number of hydrogen-bond donors (Lipinski definition) is 2. The van der Waals surface area contributed by atoms with Gasteiger partial charge in [0.05, 0.1) is 11.4 Å². The van der Waals surface area contributed by atoms with Crippen molar-refractivity contribution in [2.24, 2.45) is 0 Å². The van der Waals surface area contributed by atoms with Crippen LogP contribution in [0.25, 0.3) is 0 Å². The van der Waals surface area contributed by atoms with E-state index in [1.165, 1.54) is 9.47 Å². The lowest BCUT2D eigenvalue weighted by Crippen LogP contribution is -2.53. The molecule has 0 saturated carbocycles. The van der Waals surface area contributed by atoms with Crippen molar-refractivity contribution in [3.05, 3.63) is 56.7 Å². The quantitative estimate of drug-likeness (QED) is 0.635. The average Bonchev–Trinajstić information content (AvgIpc) is 3.29. The minimum atomic E-state index is -0.701. The summed E-state index contributed by atoms with van der Waals surface area (Å²) in [5, 5.41) is 0. The molecule has 2 fully saturated rings. The van der Waals surface area contributed by atoms with Crippen LogP contribution >= 0.6 is 11.8 Å². The number of thioether (sulfide) groups is 1. The van der Waals surface area contributed by atoms with Crippen LogP contribution in [0.15, 0.2) is 39.9 Å². The molecule has 0 radical (unpaired) electrons. The van der Waals surface area contributed by atoms with Gasteiger partial charge in [-0.25, -0.2) is 4.79 Å².